The molecule has 5 N–H and O–H groups in total. The van der Waals surface area contributed by atoms with Crippen molar-refractivity contribution in [1.82, 2.24) is 15.4 Å². The van der Waals surface area contributed by atoms with Crippen LogP contribution in [0, 0.1) is 18.3 Å². The molecule has 3 rings (SSSR count). The molecule has 1 atom stereocenters. The number of methoxy groups -OCH3 is 1. The Kier molecular flexibility index (Phi) is 11.0. The van der Waals surface area contributed by atoms with Crippen LogP contribution in [-0.2, 0) is 32.2 Å². The molecule has 0 unspecified atom stereocenters. The van der Waals surface area contributed by atoms with Crippen LogP contribution in [0.1, 0.15) is 55.2 Å². The van der Waals surface area contributed by atoms with E-state index in [4.69, 9.17) is 10.1 Å². The summed E-state index contributed by atoms with van der Waals surface area (Å²) in [4.78, 5) is 26.0. The Morgan fingerprint density at radius 2 is 1.79 bits per heavy atom. The molecule has 1 saturated carbocycles. The number of anilines is 1. The van der Waals surface area contributed by atoms with Gasteiger partial charge in [-0.3, -0.25) is 20.3 Å². The van der Waals surface area contributed by atoms with Crippen molar-refractivity contribution in [3.8, 4) is 5.75 Å². The van der Waals surface area contributed by atoms with E-state index in [2.05, 4.69) is 20.7 Å². The third-order valence-electron chi connectivity index (χ3n) is 7.17. The maximum atomic E-state index is 13.4. The zero-order chi connectivity index (χ0) is 31.1. The number of carbonyl (C=O) groups excluding carboxylic acids is 2. The number of benzene rings is 2. The third kappa shape index (κ3) is 8.92. The van der Waals surface area contributed by atoms with Gasteiger partial charge in [0, 0.05) is 5.69 Å². The Labute approximate surface area is 243 Å². The zero-order valence-electron chi connectivity index (χ0n) is 23.7. The molecule has 10 nitrogen and oxygen atoms in total. The topological polar surface area (TPSA) is 149 Å². The number of ether oxygens (including phenoxy) is 1. The van der Waals surface area contributed by atoms with Crippen molar-refractivity contribution in [3.63, 3.8) is 0 Å². The first kappa shape index (κ1) is 32.9. The van der Waals surface area contributed by atoms with Gasteiger partial charge in [0.05, 0.1) is 24.0 Å². The van der Waals surface area contributed by atoms with Crippen molar-refractivity contribution in [3.05, 3.63) is 53.1 Å². The van der Waals surface area contributed by atoms with Gasteiger partial charge in [0.2, 0.25) is 21.8 Å². The van der Waals surface area contributed by atoms with Crippen molar-refractivity contribution >= 4 is 33.5 Å². The van der Waals surface area contributed by atoms with E-state index in [0.29, 0.717) is 12.0 Å². The molecule has 42 heavy (non-hydrogen) atoms. The van der Waals surface area contributed by atoms with Crippen LogP contribution in [0.3, 0.4) is 0 Å². The monoisotopic (exact) mass is 611 g/mol. The van der Waals surface area contributed by atoms with E-state index in [1.165, 1.54) is 25.2 Å². The quantitative estimate of drug-likeness (QED) is 0.202. The van der Waals surface area contributed by atoms with Crippen LogP contribution in [-0.4, -0.2) is 46.4 Å². The predicted octanol–water partition coefficient (Wildman–Crippen LogP) is 4.09. The number of alkyl halides is 3. The van der Waals surface area contributed by atoms with E-state index < -0.39 is 52.0 Å². The van der Waals surface area contributed by atoms with Crippen LogP contribution >= 0.6 is 0 Å². The smallest absolute Gasteiger partial charge is 0.419 e. The molecule has 0 saturated heterocycles. The molecule has 0 radical (unpaired) electrons. The largest absolute Gasteiger partial charge is 0.496 e. The lowest BCUT2D eigenvalue weighted by Gasteiger charge is -2.27. The van der Waals surface area contributed by atoms with Crippen LogP contribution in [0.25, 0.3) is 0 Å². The second-order valence-electron chi connectivity index (χ2n) is 10.2. The average Bonchev–Trinajstić information content (AvgIpc) is 2.93. The lowest BCUT2D eigenvalue weighted by molar-refractivity contribution is -0.139. The van der Waals surface area contributed by atoms with Gasteiger partial charge in [-0.15, -0.1) is 0 Å². The first-order valence-corrected chi connectivity index (χ1v) is 15.0. The summed E-state index contributed by atoms with van der Waals surface area (Å²) in [7, 11) is -1.36. The number of nitrogens with one attached hydrogen (secondary N) is 5. The lowest BCUT2D eigenvalue weighted by atomic mass is 9.84. The van der Waals surface area contributed by atoms with Crippen molar-refractivity contribution in [2.75, 3.05) is 19.5 Å². The van der Waals surface area contributed by atoms with Gasteiger partial charge in [0.15, 0.2) is 5.96 Å². The molecule has 0 bridgehead atoms. The predicted molar refractivity (Wildman–Crippen MR) is 152 cm³/mol. The number of aryl methyl sites for hydroxylation is 1. The summed E-state index contributed by atoms with van der Waals surface area (Å²) in [5, 5.41) is 16.1. The minimum atomic E-state index is -4.68. The van der Waals surface area contributed by atoms with Crippen LogP contribution in [0.15, 0.2) is 41.3 Å². The summed E-state index contributed by atoms with van der Waals surface area (Å²) < 4.78 is 71.6. The molecule has 14 heteroatoms. The fourth-order valence-electron chi connectivity index (χ4n) is 4.89. The summed E-state index contributed by atoms with van der Waals surface area (Å²) in [5.74, 6) is -1.93. The highest BCUT2D eigenvalue weighted by Crippen LogP contribution is 2.36. The van der Waals surface area contributed by atoms with E-state index in [9.17, 15) is 31.2 Å². The lowest BCUT2D eigenvalue weighted by Crippen LogP contribution is -2.51. The number of carbonyl (C=O) groups is 2. The van der Waals surface area contributed by atoms with Gasteiger partial charge < -0.3 is 15.4 Å². The normalized spacial score (nSPS) is 15.0. The highest BCUT2D eigenvalue weighted by atomic mass is 32.2. The second kappa shape index (κ2) is 14.0. The minimum Gasteiger partial charge on any atom is -0.496 e. The maximum Gasteiger partial charge on any atom is 0.419 e. The number of rotatable bonds is 10. The molecule has 2 aromatic rings. The highest BCUT2D eigenvalue weighted by molar-refractivity contribution is 7.89. The Morgan fingerprint density at radius 3 is 2.40 bits per heavy atom. The third-order valence-corrected chi connectivity index (χ3v) is 8.59. The summed E-state index contributed by atoms with van der Waals surface area (Å²) in [6, 6.07) is 6.65. The van der Waals surface area contributed by atoms with Gasteiger partial charge in [0.1, 0.15) is 11.8 Å². The van der Waals surface area contributed by atoms with Crippen molar-refractivity contribution < 1.29 is 35.9 Å². The van der Waals surface area contributed by atoms with Crippen LogP contribution < -0.4 is 25.4 Å². The number of guanidine groups is 1. The van der Waals surface area contributed by atoms with E-state index in [0.717, 1.165) is 51.3 Å². The van der Waals surface area contributed by atoms with E-state index in [1.54, 1.807) is 13.0 Å². The molecule has 2 amide bonds. The van der Waals surface area contributed by atoms with Crippen LogP contribution in [0.4, 0.5) is 18.9 Å². The molecule has 1 fully saturated rings. The molecule has 0 aromatic heterocycles. The summed E-state index contributed by atoms with van der Waals surface area (Å²) >= 11 is 0. The SMILES string of the molecule is CNS(=O)(=O)c1ccc(C)c(NC(=O)[C@@H](CC2CCCCC2)NC(=N)NC(=O)Cc2ccc(OC)c(C(F)(F)F)c2)c1. The fraction of sp³-hybridized carbons (Fsp3) is 0.464. The zero-order valence-corrected chi connectivity index (χ0v) is 24.5. The first-order valence-electron chi connectivity index (χ1n) is 13.5. The number of halogens is 3. The number of hydrogen-bond acceptors (Lipinski definition) is 6. The van der Waals surface area contributed by atoms with Crippen molar-refractivity contribution in [2.45, 2.75) is 69.0 Å². The number of hydrogen-bond donors (Lipinski definition) is 5. The molecular weight excluding hydrogens is 575 g/mol. The van der Waals surface area contributed by atoms with Gasteiger partial charge in [0.25, 0.3) is 0 Å². The molecule has 1 aliphatic rings. The second-order valence-corrected chi connectivity index (χ2v) is 12.1. The van der Waals surface area contributed by atoms with Gasteiger partial charge >= 0.3 is 6.18 Å². The van der Waals surface area contributed by atoms with Crippen LogP contribution in [0.2, 0.25) is 0 Å². The Hall–Kier alpha value is -3.65. The Bertz CT molecular complexity index is 1410. The summed E-state index contributed by atoms with van der Waals surface area (Å²) in [6.45, 7) is 1.71. The van der Waals surface area contributed by atoms with E-state index in [-0.39, 0.29) is 27.8 Å². The minimum absolute atomic E-state index is 0.0325. The van der Waals surface area contributed by atoms with E-state index in [1.807, 2.05) is 0 Å². The van der Waals surface area contributed by atoms with Gasteiger partial charge in [-0.2, -0.15) is 13.2 Å². The average molecular weight is 612 g/mol. The molecule has 0 aliphatic heterocycles. The van der Waals surface area contributed by atoms with Gasteiger partial charge in [-0.05, 0) is 61.7 Å². The molecule has 0 heterocycles. The Morgan fingerprint density at radius 1 is 1.10 bits per heavy atom. The maximum absolute atomic E-state index is 13.4. The van der Waals surface area contributed by atoms with Crippen molar-refractivity contribution in [1.29, 1.82) is 5.41 Å². The van der Waals surface area contributed by atoms with Gasteiger partial charge in [-0.25, -0.2) is 13.1 Å². The fourth-order valence-corrected chi connectivity index (χ4v) is 5.65. The molecule has 2 aromatic carbocycles. The van der Waals surface area contributed by atoms with Crippen LogP contribution in [0.5, 0.6) is 5.75 Å². The van der Waals surface area contributed by atoms with E-state index >= 15 is 0 Å². The highest BCUT2D eigenvalue weighted by Gasteiger charge is 2.34. The summed E-state index contributed by atoms with van der Waals surface area (Å²) in [5.41, 5.74) is -0.0513. The number of sulfonamides is 1. The molecule has 0 spiro atoms. The Balaban J connectivity index is 1.73. The van der Waals surface area contributed by atoms with Crippen molar-refractivity contribution in [2.24, 2.45) is 5.92 Å². The van der Waals surface area contributed by atoms with Gasteiger partial charge in [-0.1, -0.05) is 44.2 Å². The standard InChI is InChI=1S/C28H36F3N5O5S/c1-17-9-11-20(42(39,40)33-2)16-22(17)34-26(38)23(14-18-7-5-4-6-8-18)35-27(32)36-25(37)15-19-10-12-24(41-3)21(13-19)28(29,30)31/h9-13,16,18,23,33H,4-8,14-15H2,1-3H3,(H,34,38)(H3,32,35,36,37)/t23-/m1/s1. The molecule has 230 valence electrons. The molecular formula is C28H36F3N5O5S. The first-order chi connectivity index (χ1) is 19.7. The molecule has 1 aliphatic carbocycles. The summed E-state index contributed by atoms with van der Waals surface area (Å²) in [6.07, 6.45) is 0.169. The number of amides is 2.